The third-order valence-corrected chi connectivity index (χ3v) is 11.9. The Bertz CT molecular complexity index is 1840. The van der Waals surface area contributed by atoms with E-state index in [-0.39, 0.29) is 34.4 Å². The van der Waals surface area contributed by atoms with Crippen molar-refractivity contribution in [1.82, 2.24) is 20.4 Å². The predicted octanol–water partition coefficient (Wildman–Crippen LogP) is 2.89. The van der Waals surface area contributed by atoms with Gasteiger partial charge < -0.3 is 30.9 Å². The van der Waals surface area contributed by atoms with Gasteiger partial charge in [-0.25, -0.2) is 13.2 Å². The number of aliphatic carboxylic acids is 1. The molecule has 3 aliphatic rings. The Labute approximate surface area is 301 Å². The van der Waals surface area contributed by atoms with E-state index in [0.717, 1.165) is 92.4 Å². The fourth-order valence-electron chi connectivity index (χ4n) is 6.97. The number of carboxylic acids is 1. The summed E-state index contributed by atoms with van der Waals surface area (Å²) in [6.45, 7) is 6.91. The molecule has 16 heteroatoms. The Hall–Kier alpha value is -4.22. The lowest BCUT2D eigenvalue weighted by Gasteiger charge is -2.40. The van der Waals surface area contributed by atoms with Crippen LogP contribution in [0.1, 0.15) is 46.5 Å². The van der Waals surface area contributed by atoms with E-state index in [1.807, 2.05) is 24.3 Å². The summed E-state index contributed by atoms with van der Waals surface area (Å²) in [6.07, 6.45) is 3.18. The zero-order valence-corrected chi connectivity index (χ0v) is 30.0. The number of hydrogen-bond acceptors (Lipinski definition) is 10. The quantitative estimate of drug-likeness (QED) is 0.0808. The van der Waals surface area contributed by atoms with E-state index in [1.165, 1.54) is 6.07 Å². The average Bonchev–Trinajstić information content (AvgIpc) is 3.79. The van der Waals surface area contributed by atoms with Gasteiger partial charge in [0, 0.05) is 38.6 Å². The molecule has 2 fully saturated rings. The molecule has 6 rings (SSSR count). The number of amides is 1. The number of morpholine rings is 1. The van der Waals surface area contributed by atoms with Crippen LogP contribution < -0.4 is 25.8 Å². The summed E-state index contributed by atoms with van der Waals surface area (Å²) < 4.78 is 42.1. The minimum absolute atomic E-state index is 0.0208. The Morgan fingerprint density at radius 1 is 1.08 bits per heavy atom. The summed E-state index contributed by atoms with van der Waals surface area (Å²) in [7, 11) is -4.25. The number of piperidine rings is 1. The van der Waals surface area contributed by atoms with Crippen LogP contribution >= 0.6 is 11.3 Å². The van der Waals surface area contributed by atoms with Crippen molar-refractivity contribution in [1.29, 1.82) is 5.41 Å². The number of benzene rings is 2. The molecular weight excluding hydrogens is 695 g/mol. The highest BCUT2D eigenvalue weighted by molar-refractivity contribution is 7.92. The monoisotopic (exact) mass is 739 g/mol. The summed E-state index contributed by atoms with van der Waals surface area (Å²) >= 11 is 0.998. The summed E-state index contributed by atoms with van der Waals surface area (Å²) in [6, 6.07) is 12.6. The highest BCUT2D eigenvalue weighted by Crippen LogP contribution is 2.40. The van der Waals surface area contributed by atoms with Gasteiger partial charge in [0.1, 0.15) is 21.6 Å². The van der Waals surface area contributed by atoms with Crippen LogP contribution in [0, 0.1) is 5.41 Å². The number of nitrogens with one attached hydrogen (secondary N) is 4. The molecule has 1 amide bonds. The average molecular weight is 740 g/mol. The number of nitrogens with zero attached hydrogens (tertiary/aromatic N) is 2. The summed E-state index contributed by atoms with van der Waals surface area (Å²) in [5.41, 5.74) is 8.94. The smallest absolute Gasteiger partial charge is 0.326 e. The Morgan fingerprint density at radius 2 is 1.84 bits per heavy atom. The number of anilines is 1. The summed E-state index contributed by atoms with van der Waals surface area (Å²) in [4.78, 5) is 30.1. The second kappa shape index (κ2) is 16.4. The maximum absolute atomic E-state index is 14.1. The Kier molecular flexibility index (Phi) is 11.8. The zero-order chi connectivity index (χ0) is 36.0. The van der Waals surface area contributed by atoms with Crippen LogP contribution in [-0.2, 0) is 32.5 Å². The number of likely N-dealkylation sites (tertiary alicyclic amines) is 1. The Morgan fingerprint density at radius 3 is 2.59 bits per heavy atom. The summed E-state index contributed by atoms with van der Waals surface area (Å²) in [5, 5.41) is 23.6. The molecular formula is C35H45N7O7S2. The van der Waals surface area contributed by atoms with Crippen LogP contribution in [0.5, 0.6) is 5.75 Å². The molecule has 2 saturated heterocycles. The van der Waals surface area contributed by atoms with Crippen molar-refractivity contribution in [2.45, 2.75) is 55.6 Å². The lowest BCUT2D eigenvalue weighted by molar-refractivity contribution is -0.139. The molecule has 51 heavy (non-hydrogen) atoms. The lowest BCUT2D eigenvalue weighted by atomic mass is 9.96. The highest BCUT2D eigenvalue weighted by Gasteiger charge is 2.31. The first-order valence-electron chi connectivity index (χ1n) is 17.2. The number of carbonyl (C=O) groups excluding carboxylic acids is 1. The molecule has 1 aromatic heterocycles. The molecule has 2 aromatic carbocycles. The molecule has 1 atom stereocenters. The lowest BCUT2D eigenvalue weighted by Crippen LogP contribution is -2.48. The molecule has 3 aliphatic heterocycles. The molecule has 4 heterocycles. The fourth-order valence-corrected chi connectivity index (χ4v) is 9.07. The summed E-state index contributed by atoms with van der Waals surface area (Å²) in [5.74, 6) is -1.89. The molecule has 3 aromatic rings. The second-order valence-corrected chi connectivity index (χ2v) is 15.6. The number of fused-ring (bicyclic) bond motifs is 1. The van der Waals surface area contributed by atoms with Gasteiger partial charge in [-0.3, -0.25) is 24.7 Å². The van der Waals surface area contributed by atoms with Gasteiger partial charge in [0.15, 0.2) is 5.96 Å². The maximum Gasteiger partial charge on any atom is 0.326 e. The van der Waals surface area contributed by atoms with Crippen LogP contribution in [0.2, 0.25) is 0 Å². The van der Waals surface area contributed by atoms with Gasteiger partial charge >= 0.3 is 5.97 Å². The SMILES string of the molecule is N=C(N)NCCC[C@H](NC(=O)c1sccc1NS(=O)(=O)c1cc(-c2ccccc2CN2CCC(N3CCOCC3)CC2)cc2c1OCC2)C(=O)O. The van der Waals surface area contributed by atoms with Crippen LogP contribution in [0.15, 0.2) is 52.7 Å². The molecule has 274 valence electrons. The van der Waals surface area contributed by atoms with Crippen molar-refractivity contribution in [2.24, 2.45) is 5.73 Å². The number of carbonyl (C=O) groups is 2. The van der Waals surface area contributed by atoms with Gasteiger partial charge in [0.25, 0.3) is 15.9 Å². The third-order valence-electron chi connectivity index (χ3n) is 9.58. The molecule has 14 nitrogen and oxygen atoms in total. The highest BCUT2D eigenvalue weighted by atomic mass is 32.2. The number of hydrogen-bond donors (Lipinski definition) is 6. The standard InChI is InChI=1S/C35H45N7O7S2/c36-35(37)38-11-3-6-29(34(44)45)39-33(43)32-28(10-19-50-32)40-51(46,47)30-21-25(20-23-9-16-49-31(23)30)27-5-2-1-4-24(27)22-41-12-7-26(8-13-41)42-14-17-48-18-15-42/h1-2,4-5,10,19-21,26,29,40H,3,6-9,11-18,22H2,(H,39,43)(H,44,45)(H4,36,37,38)/t29-/m0/s1. The van der Waals surface area contributed by atoms with E-state index < -0.39 is 27.9 Å². The van der Waals surface area contributed by atoms with E-state index in [2.05, 4.69) is 31.2 Å². The van der Waals surface area contributed by atoms with Crippen LogP contribution in [0.3, 0.4) is 0 Å². The maximum atomic E-state index is 14.1. The first-order valence-corrected chi connectivity index (χ1v) is 19.6. The fraction of sp³-hybridized carbons (Fsp3) is 0.457. The van der Waals surface area contributed by atoms with E-state index in [4.69, 9.17) is 20.6 Å². The number of carboxylic acid groups (broad SMARTS) is 1. The zero-order valence-electron chi connectivity index (χ0n) is 28.4. The second-order valence-electron chi connectivity index (χ2n) is 13.0. The van der Waals surface area contributed by atoms with Gasteiger partial charge in [-0.2, -0.15) is 0 Å². The third kappa shape index (κ3) is 8.99. The molecule has 0 saturated carbocycles. The van der Waals surface area contributed by atoms with Crippen molar-refractivity contribution < 1.29 is 32.6 Å². The number of thiophene rings is 1. The number of sulfonamides is 1. The molecule has 7 N–H and O–H groups in total. The minimum atomic E-state index is -4.25. The van der Waals surface area contributed by atoms with Crippen molar-refractivity contribution in [3.63, 3.8) is 0 Å². The van der Waals surface area contributed by atoms with Gasteiger partial charge in [-0.15, -0.1) is 11.3 Å². The molecule has 0 radical (unpaired) electrons. The van der Waals surface area contributed by atoms with E-state index >= 15 is 0 Å². The van der Waals surface area contributed by atoms with Gasteiger partial charge in [0.2, 0.25) is 0 Å². The predicted molar refractivity (Wildman–Crippen MR) is 195 cm³/mol. The van der Waals surface area contributed by atoms with Crippen molar-refractivity contribution in [3.8, 4) is 16.9 Å². The van der Waals surface area contributed by atoms with Crippen LogP contribution in [-0.4, -0.2) is 106 Å². The van der Waals surface area contributed by atoms with Gasteiger partial charge in [-0.1, -0.05) is 24.3 Å². The van der Waals surface area contributed by atoms with E-state index in [0.29, 0.717) is 31.2 Å². The van der Waals surface area contributed by atoms with Crippen molar-refractivity contribution in [3.05, 3.63) is 63.8 Å². The minimum Gasteiger partial charge on any atom is -0.492 e. The van der Waals surface area contributed by atoms with Gasteiger partial charge in [-0.05, 0) is 84.6 Å². The van der Waals surface area contributed by atoms with E-state index in [9.17, 15) is 23.1 Å². The van der Waals surface area contributed by atoms with Crippen LogP contribution in [0.4, 0.5) is 5.69 Å². The molecule has 0 unspecified atom stereocenters. The normalized spacial score (nSPS) is 17.6. The number of ether oxygens (including phenoxy) is 2. The van der Waals surface area contributed by atoms with Crippen LogP contribution in [0.25, 0.3) is 11.1 Å². The largest absolute Gasteiger partial charge is 0.492 e. The number of rotatable bonds is 14. The first-order chi connectivity index (χ1) is 24.6. The van der Waals surface area contributed by atoms with E-state index in [1.54, 1.807) is 11.4 Å². The first kappa shape index (κ1) is 36.6. The van der Waals surface area contributed by atoms with Gasteiger partial charge in [0.05, 0.1) is 25.5 Å². The number of nitrogens with two attached hydrogens (primary N) is 1. The topological polar surface area (TPSA) is 199 Å². The molecule has 0 bridgehead atoms. The molecule has 0 aliphatic carbocycles. The van der Waals surface area contributed by atoms with Crippen molar-refractivity contribution in [2.75, 3.05) is 57.3 Å². The Balaban J connectivity index is 1.18. The number of guanidine groups is 1. The van der Waals surface area contributed by atoms with Crippen molar-refractivity contribution >= 4 is 44.9 Å². The molecule has 0 spiro atoms.